The molecule has 6 heteroatoms. The highest BCUT2D eigenvalue weighted by molar-refractivity contribution is 5.88. The van der Waals surface area contributed by atoms with Gasteiger partial charge in [-0.2, -0.15) is 0 Å². The number of carbonyl (C=O) groups is 1. The van der Waals surface area contributed by atoms with E-state index >= 15 is 0 Å². The maximum Gasteiger partial charge on any atom is 0.341 e. The number of aromatic hydroxyl groups is 2. The summed E-state index contributed by atoms with van der Waals surface area (Å²) < 4.78 is 11.9. The average Bonchev–Trinajstić information content (AvgIpc) is 2.64. The number of rotatable bonds is 2. The van der Waals surface area contributed by atoms with Gasteiger partial charge in [-0.25, -0.2) is 4.79 Å². The summed E-state index contributed by atoms with van der Waals surface area (Å²) in [5.41, 5.74) is -1.52. The topological polar surface area (TPSA) is 96.2 Å². The Hall–Kier alpha value is -1.79. The van der Waals surface area contributed by atoms with Gasteiger partial charge in [0.2, 0.25) is 5.79 Å². The molecule has 5 unspecified atom stereocenters. The lowest BCUT2D eigenvalue weighted by molar-refractivity contribution is -0.319. The Labute approximate surface area is 140 Å². The van der Waals surface area contributed by atoms with Gasteiger partial charge in [0, 0.05) is 23.5 Å². The molecule has 2 saturated heterocycles. The minimum Gasteiger partial charge on any atom is -0.508 e. The third-order valence-corrected chi connectivity index (χ3v) is 6.59. The number of phenols is 2. The van der Waals surface area contributed by atoms with Gasteiger partial charge >= 0.3 is 5.97 Å². The number of aliphatic hydroxyl groups is 1. The third kappa shape index (κ3) is 1.32. The fourth-order valence-electron chi connectivity index (χ4n) is 4.83. The zero-order valence-electron chi connectivity index (χ0n) is 14.2. The summed E-state index contributed by atoms with van der Waals surface area (Å²) >= 11 is 0. The lowest BCUT2D eigenvalue weighted by atomic mass is 9.53. The first-order chi connectivity index (χ1) is 11.1. The standard InChI is InChI=1S/C18H22O6/c1-5-8(2)18-16(4)10-6-11(19)9(3)14(20)13(10)12(23-18)7-17(16,22)15(21)24-18/h6,8,12,19-20,22H,5,7H2,1-4H3. The van der Waals surface area contributed by atoms with Crippen molar-refractivity contribution in [2.45, 2.75) is 63.4 Å². The van der Waals surface area contributed by atoms with Gasteiger partial charge in [-0.3, -0.25) is 0 Å². The van der Waals surface area contributed by atoms with Crippen molar-refractivity contribution in [1.82, 2.24) is 0 Å². The fraction of sp³-hybridized carbons (Fsp3) is 0.611. The second-order valence-electron chi connectivity index (χ2n) is 7.49. The Morgan fingerprint density at radius 3 is 2.71 bits per heavy atom. The van der Waals surface area contributed by atoms with Crippen LogP contribution in [0, 0.1) is 12.8 Å². The second-order valence-corrected chi connectivity index (χ2v) is 7.49. The molecule has 0 amide bonds. The summed E-state index contributed by atoms with van der Waals surface area (Å²) in [5, 5.41) is 32.0. The molecule has 4 aliphatic rings. The van der Waals surface area contributed by atoms with E-state index in [-0.39, 0.29) is 23.8 Å². The van der Waals surface area contributed by atoms with Crippen molar-refractivity contribution in [3.8, 4) is 11.5 Å². The molecule has 3 N–H and O–H groups in total. The molecule has 5 rings (SSSR count). The number of hydrogen-bond donors (Lipinski definition) is 3. The summed E-state index contributed by atoms with van der Waals surface area (Å²) in [6.45, 7) is 7.22. The molecule has 3 heterocycles. The molecule has 130 valence electrons. The van der Waals surface area contributed by atoms with Gasteiger partial charge in [-0.1, -0.05) is 13.8 Å². The summed E-state index contributed by atoms with van der Waals surface area (Å²) in [7, 11) is 0. The molecule has 1 aromatic carbocycles. The summed E-state index contributed by atoms with van der Waals surface area (Å²) in [6, 6.07) is 1.53. The predicted molar refractivity (Wildman–Crippen MR) is 83.5 cm³/mol. The molecule has 0 spiro atoms. The van der Waals surface area contributed by atoms with Crippen LogP contribution in [0.4, 0.5) is 0 Å². The monoisotopic (exact) mass is 334 g/mol. The smallest absolute Gasteiger partial charge is 0.341 e. The van der Waals surface area contributed by atoms with Gasteiger partial charge < -0.3 is 24.8 Å². The highest BCUT2D eigenvalue weighted by Gasteiger charge is 2.81. The molecule has 3 aliphatic heterocycles. The van der Waals surface area contributed by atoms with Crippen LogP contribution >= 0.6 is 0 Å². The normalized spacial score (nSPS) is 40.4. The van der Waals surface area contributed by atoms with Gasteiger partial charge in [0.05, 0.1) is 11.5 Å². The Morgan fingerprint density at radius 2 is 2.08 bits per heavy atom. The largest absolute Gasteiger partial charge is 0.508 e. The van der Waals surface area contributed by atoms with E-state index in [9.17, 15) is 20.1 Å². The maximum atomic E-state index is 12.6. The SMILES string of the molecule is CCC(C)C12OC(=O)C3(O)CC(O1)c1c(cc(O)c(C)c1O)C32C. The van der Waals surface area contributed by atoms with E-state index in [1.807, 2.05) is 13.8 Å². The van der Waals surface area contributed by atoms with Crippen molar-refractivity contribution in [2.24, 2.45) is 5.92 Å². The van der Waals surface area contributed by atoms with Crippen LogP contribution in [0.15, 0.2) is 6.07 Å². The number of ether oxygens (including phenoxy) is 2. The zero-order chi connectivity index (χ0) is 17.7. The van der Waals surface area contributed by atoms with E-state index in [2.05, 4.69) is 0 Å². The number of phenolic OH excluding ortho intramolecular Hbond substituents is 2. The summed E-state index contributed by atoms with van der Waals surface area (Å²) in [4.78, 5) is 12.6. The first-order valence-electron chi connectivity index (χ1n) is 8.33. The first-order valence-corrected chi connectivity index (χ1v) is 8.33. The fourth-order valence-corrected chi connectivity index (χ4v) is 4.83. The Morgan fingerprint density at radius 1 is 1.42 bits per heavy atom. The molecule has 1 aromatic rings. The molecule has 1 aliphatic carbocycles. The highest BCUT2D eigenvalue weighted by atomic mass is 16.7. The Kier molecular flexibility index (Phi) is 2.78. The summed E-state index contributed by atoms with van der Waals surface area (Å²) in [5.74, 6) is -2.29. The number of esters is 1. The van der Waals surface area contributed by atoms with E-state index in [0.717, 1.165) is 0 Å². The molecule has 24 heavy (non-hydrogen) atoms. The minimum absolute atomic E-state index is 0.0330. The summed E-state index contributed by atoms with van der Waals surface area (Å²) in [6.07, 6.45) is 0.0578. The number of carbonyl (C=O) groups excluding carboxylic acids is 1. The van der Waals surface area contributed by atoms with Crippen LogP contribution in [-0.4, -0.2) is 32.7 Å². The van der Waals surface area contributed by atoms with Crippen LogP contribution in [-0.2, 0) is 19.7 Å². The van der Waals surface area contributed by atoms with Gasteiger partial charge in [-0.05, 0) is 31.9 Å². The predicted octanol–water partition coefficient (Wildman–Crippen LogP) is 2.17. The lowest BCUT2D eigenvalue weighted by Gasteiger charge is -2.58. The molecule has 0 radical (unpaired) electrons. The van der Waals surface area contributed by atoms with Crippen molar-refractivity contribution in [3.05, 3.63) is 22.8 Å². The third-order valence-electron chi connectivity index (χ3n) is 6.59. The Bertz CT molecular complexity index is 773. The van der Waals surface area contributed by atoms with Crippen LogP contribution in [0.3, 0.4) is 0 Å². The number of benzene rings is 1. The minimum atomic E-state index is -1.74. The molecular weight excluding hydrogens is 312 g/mol. The first kappa shape index (κ1) is 15.7. The van der Waals surface area contributed by atoms with E-state index in [0.29, 0.717) is 23.1 Å². The number of hydrogen-bond acceptors (Lipinski definition) is 6. The molecular formula is C18H22O6. The van der Waals surface area contributed by atoms with Gasteiger partial charge in [0.15, 0.2) is 5.60 Å². The van der Waals surface area contributed by atoms with Gasteiger partial charge in [0.25, 0.3) is 0 Å². The van der Waals surface area contributed by atoms with Gasteiger partial charge in [0.1, 0.15) is 11.5 Å². The Balaban J connectivity index is 2.10. The van der Waals surface area contributed by atoms with E-state index in [4.69, 9.17) is 9.47 Å². The van der Waals surface area contributed by atoms with Crippen molar-refractivity contribution in [2.75, 3.05) is 0 Å². The molecule has 4 bridgehead atoms. The van der Waals surface area contributed by atoms with Crippen LogP contribution in [0.2, 0.25) is 0 Å². The van der Waals surface area contributed by atoms with Crippen LogP contribution in [0.1, 0.15) is 56.4 Å². The van der Waals surface area contributed by atoms with E-state index < -0.39 is 28.9 Å². The van der Waals surface area contributed by atoms with Crippen molar-refractivity contribution in [1.29, 1.82) is 0 Å². The maximum absolute atomic E-state index is 12.6. The van der Waals surface area contributed by atoms with Gasteiger partial charge in [-0.15, -0.1) is 0 Å². The van der Waals surface area contributed by atoms with E-state index in [1.165, 1.54) is 6.07 Å². The highest BCUT2D eigenvalue weighted by Crippen LogP contribution is 2.69. The quantitative estimate of drug-likeness (QED) is 0.717. The van der Waals surface area contributed by atoms with Crippen molar-refractivity contribution >= 4 is 5.97 Å². The molecule has 2 fully saturated rings. The van der Waals surface area contributed by atoms with Crippen molar-refractivity contribution in [3.63, 3.8) is 0 Å². The van der Waals surface area contributed by atoms with Crippen LogP contribution in [0.25, 0.3) is 0 Å². The van der Waals surface area contributed by atoms with Crippen LogP contribution in [0.5, 0.6) is 11.5 Å². The van der Waals surface area contributed by atoms with Crippen molar-refractivity contribution < 1.29 is 29.6 Å². The average molecular weight is 334 g/mol. The second kappa shape index (κ2) is 4.24. The van der Waals surface area contributed by atoms with E-state index in [1.54, 1.807) is 13.8 Å². The zero-order valence-corrected chi connectivity index (χ0v) is 14.2. The lowest BCUT2D eigenvalue weighted by Crippen LogP contribution is -2.69. The molecule has 5 atom stereocenters. The molecule has 0 saturated carbocycles. The molecule has 6 nitrogen and oxygen atoms in total. The van der Waals surface area contributed by atoms with Crippen LogP contribution < -0.4 is 0 Å². The molecule has 0 aromatic heterocycles.